The Labute approximate surface area is 112 Å². The number of hydrogen-bond acceptors (Lipinski definition) is 3. The highest BCUT2D eigenvalue weighted by Gasteiger charge is 2.27. The number of amides is 3. The maximum atomic E-state index is 11.9. The minimum atomic E-state index is -1.26. The number of aliphatic carboxylic acids is 1. The van der Waals surface area contributed by atoms with Gasteiger partial charge in [0.05, 0.1) is 6.42 Å². The van der Waals surface area contributed by atoms with Crippen molar-refractivity contribution in [2.75, 3.05) is 13.1 Å². The summed E-state index contributed by atoms with van der Waals surface area (Å²) in [6, 6.07) is -1.72. The zero-order valence-electron chi connectivity index (χ0n) is 11.1. The van der Waals surface area contributed by atoms with Gasteiger partial charge in [-0.05, 0) is 25.7 Å². The van der Waals surface area contributed by atoms with Crippen LogP contribution in [-0.2, 0) is 9.59 Å². The number of primary amides is 1. The van der Waals surface area contributed by atoms with E-state index in [0.29, 0.717) is 19.0 Å². The molecule has 0 aromatic heterocycles. The van der Waals surface area contributed by atoms with E-state index in [1.54, 1.807) is 4.90 Å². The van der Waals surface area contributed by atoms with Crippen molar-refractivity contribution in [2.24, 2.45) is 11.7 Å². The van der Waals surface area contributed by atoms with E-state index >= 15 is 0 Å². The Morgan fingerprint density at radius 2 is 2.05 bits per heavy atom. The minimum Gasteiger partial charge on any atom is -0.480 e. The lowest BCUT2D eigenvalue weighted by Gasteiger charge is -2.32. The third kappa shape index (κ3) is 4.76. The molecule has 0 aromatic carbocycles. The smallest absolute Gasteiger partial charge is 0.326 e. The van der Waals surface area contributed by atoms with E-state index in [4.69, 9.17) is 10.8 Å². The first-order valence-corrected chi connectivity index (χ1v) is 6.50. The molecule has 0 radical (unpaired) electrons. The molecule has 0 bridgehead atoms. The molecule has 1 rings (SSSR count). The summed E-state index contributed by atoms with van der Waals surface area (Å²) in [7, 11) is 0. The van der Waals surface area contributed by atoms with E-state index in [9.17, 15) is 14.4 Å². The highest BCUT2D eigenvalue weighted by molar-refractivity contribution is 5.87. The van der Waals surface area contributed by atoms with E-state index in [1.165, 1.54) is 6.42 Å². The molecule has 0 aliphatic heterocycles. The van der Waals surface area contributed by atoms with Crippen molar-refractivity contribution < 1.29 is 19.5 Å². The first-order valence-electron chi connectivity index (χ1n) is 6.50. The van der Waals surface area contributed by atoms with Crippen LogP contribution in [0.3, 0.4) is 0 Å². The van der Waals surface area contributed by atoms with Gasteiger partial charge in [0.2, 0.25) is 5.91 Å². The van der Waals surface area contributed by atoms with Gasteiger partial charge in [0.1, 0.15) is 6.04 Å². The van der Waals surface area contributed by atoms with Crippen LogP contribution in [0, 0.1) is 5.92 Å². The summed E-state index contributed by atoms with van der Waals surface area (Å²) < 4.78 is 0. The van der Waals surface area contributed by atoms with Crippen LogP contribution in [0.4, 0.5) is 4.79 Å². The second-order valence-corrected chi connectivity index (χ2v) is 4.85. The van der Waals surface area contributed by atoms with Gasteiger partial charge in [-0.15, -0.1) is 0 Å². The number of nitrogens with zero attached hydrogens (tertiary/aromatic N) is 1. The van der Waals surface area contributed by atoms with E-state index < -0.39 is 30.4 Å². The Balaban J connectivity index is 2.52. The summed E-state index contributed by atoms with van der Waals surface area (Å²) in [5, 5.41) is 11.3. The second kappa shape index (κ2) is 6.96. The van der Waals surface area contributed by atoms with Crippen molar-refractivity contribution in [3.8, 4) is 0 Å². The fraction of sp³-hybridized carbons (Fsp3) is 0.750. The molecule has 1 aliphatic rings. The Morgan fingerprint density at radius 3 is 2.42 bits per heavy atom. The number of carboxylic acids is 1. The zero-order chi connectivity index (χ0) is 14.4. The van der Waals surface area contributed by atoms with E-state index in [0.717, 1.165) is 12.8 Å². The summed E-state index contributed by atoms with van der Waals surface area (Å²) in [6.07, 6.45) is 2.99. The van der Waals surface area contributed by atoms with Gasteiger partial charge < -0.3 is 21.1 Å². The van der Waals surface area contributed by atoms with Crippen LogP contribution in [0.15, 0.2) is 0 Å². The highest BCUT2D eigenvalue weighted by Crippen LogP contribution is 2.27. The van der Waals surface area contributed by atoms with Crippen LogP contribution in [0.2, 0.25) is 0 Å². The van der Waals surface area contributed by atoms with Gasteiger partial charge in [0.15, 0.2) is 0 Å². The van der Waals surface area contributed by atoms with Crippen LogP contribution in [0.1, 0.15) is 32.6 Å². The predicted molar refractivity (Wildman–Crippen MR) is 68.4 cm³/mol. The fourth-order valence-corrected chi connectivity index (χ4v) is 1.98. The van der Waals surface area contributed by atoms with Crippen LogP contribution >= 0.6 is 0 Å². The number of hydrogen-bond donors (Lipinski definition) is 3. The summed E-state index contributed by atoms with van der Waals surface area (Å²) in [5.41, 5.74) is 4.96. The number of carboxylic acid groups (broad SMARTS) is 1. The largest absolute Gasteiger partial charge is 0.480 e. The van der Waals surface area contributed by atoms with Crippen molar-refractivity contribution >= 4 is 17.9 Å². The van der Waals surface area contributed by atoms with Gasteiger partial charge in [0.25, 0.3) is 0 Å². The number of carbonyl (C=O) groups is 3. The van der Waals surface area contributed by atoms with Crippen molar-refractivity contribution in [3.05, 3.63) is 0 Å². The standard InChI is InChI=1S/C12H21N3O4/c1-2-15(7-8-4-3-5-8)12(19)14-9(11(17)18)6-10(13)16/h8-9H,2-7H2,1H3,(H2,13,16)(H,14,19)(H,17,18). The van der Waals surface area contributed by atoms with Crippen molar-refractivity contribution in [1.29, 1.82) is 0 Å². The van der Waals surface area contributed by atoms with E-state index in [2.05, 4.69) is 5.32 Å². The van der Waals surface area contributed by atoms with Gasteiger partial charge in [-0.2, -0.15) is 0 Å². The second-order valence-electron chi connectivity index (χ2n) is 4.85. The number of urea groups is 1. The Bertz CT molecular complexity index is 355. The van der Waals surface area contributed by atoms with E-state index in [-0.39, 0.29) is 0 Å². The maximum Gasteiger partial charge on any atom is 0.326 e. The molecule has 3 amide bonds. The van der Waals surface area contributed by atoms with Crippen molar-refractivity contribution in [3.63, 3.8) is 0 Å². The van der Waals surface area contributed by atoms with Crippen LogP contribution in [-0.4, -0.2) is 47.0 Å². The summed E-state index contributed by atoms with van der Waals surface area (Å²) >= 11 is 0. The van der Waals surface area contributed by atoms with Gasteiger partial charge in [-0.3, -0.25) is 4.79 Å². The zero-order valence-corrected chi connectivity index (χ0v) is 11.1. The quantitative estimate of drug-likeness (QED) is 0.611. The molecule has 1 saturated carbocycles. The molecule has 7 nitrogen and oxygen atoms in total. The third-order valence-electron chi connectivity index (χ3n) is 3.37. The molecule has 7 heteroatoms. The molecule has 1 atom stereocenters. The topological polar surface area (TPSA) is 113 Å². The average Bonchev–Trinajstić information content (AvgIpc) is 2.25. The van der Waals surface area contributed by atoms with Crippen LogP contribution in [0.5, 0.6) is 0 Å². The van der Waals surface area contributed by atoms with Gasteiger partial charge in [-0.1, -0.05) is 6.42 Å². The minimum absolute atomic E-state index is 0.401. The van der Waals surface area contributed by atoms with Gasteiger partial charge >= 0.3 is 12.0 Å². The molecule has 4 N–H and O–H groups in total. The molecule has 1 aliphatic carbocycles. The Morgan fingerprint density at radius 1 is 1.42 bits per heavy atom. The fourth-order valence-electron chi connectivity index (χ4n) is 1.98. The van der Waals surface area contributed by atoms with Crippen molar-refractivity contribution in [2.45, 2.75) is 38.6 Å². The molecular weight excluding hydrogens is 250 g/mol. The molecule has 0 aromatic rings. The molecule has 0 saturated heterocycles. The van der Waals surface area contributed by atoms with Gasteiger partial charge in [0, 0.05) is 13.1 Å². The monoisotopic (exact) mass is 271 g/mol. The van der Waals surface area contributed by atoms with E-state index in [1.807, 2.05) is 6.92 Å². The lowest BCUT2D eigenvalue weighted by atomic mass is 9.85. The molecule has 1 unspecified atom stereocenters. The lowest BCUT2D eigenvalue weighted by Crippen LogP contribution is -2.50. The maximum absolute atomic E-state index is 11.9. The number of carbonyl (C=O) groups excluding carboxylic acids is 2. The van der Waals surface area contributed by atoms with Gasteiger partial charge in [-0.25, -0.2) is 9.59 Å². The summed E-state index contributed by atoms with van der Waals surface area (Å²) in [4.78, 5) is 35.2. The molecule has 0 heterocycles. The Kier molecular flexibility index (Phi) is 5.59. The molecule has 0 spiro atoms. The molecule has 19 heavy (non-hydrogen) atoms. The lowest BCUT2D eigenvalue weighted by molar-refractivity contribution is -0.141. The highest BCUT2D eigenvalue weighted by atomic mass is 16.4. The average molecular weight is 271 g/mol. The Hall–Kier alpha value is -1.79. The van der Waals surface area contributed by atoms with Crippen molar-refractivity contribution in [1.82, 2.24) is 10.2 Å². The first kappa shape index (κ1) is 15.3. The number of nitrogens with one attached hydrogen (secondary N) is 1. The molecule has 1 fully saturated rings. The number of nitrogens with two attached hydrogens (primary N) is 1. The molecular formula is C12H21N3O4. The normalized spacial score (nSPS) is 16.3. The number of rotatable bonds is 7. The first-order chi connectivity index (χ1) is 8.93. The summed E-state index contributed by atoms with van der Waals surface area (Å²) in [5.74, 6) is -1.51. The predicted octanol–water partition coefficient (Wildman–Crippen LogP) is 0.147. The molecule has 108 valence electrons. The SMILES string of the molecule is CCN(CC1CCC1)C(=O)NC(CC(N)=O)C(=O)O. The summed E-state index contributed by atoms with van der Waals surface area (Å²) in [6.45, 7) is 2.97. The van der Waals surface area contributed by atoms with Crippen LogP contribution < -0.4 is 11.1 Å². The third-order valence-corrected chi connectivity index (χ3v) is 3.37. The van der Waals surface area contributed by atoms with Crippen LogP contribution in [0.25, 0.3) is 0 Å².